The minimum absolute atomic E-state index is 0.192. The van der Waals surface area contributed by atoms with Crippen LogP contribution in [0.25, 0.3) is 0 Å². The Labute approximate surface area is 158 Å². The summed E-state index contributed by atoms with van der Waals surface area (Å²) >= 11 is 0. The third kappa shape index (κ3) is 2.95. The molecule has 1 aromatic carbocycles. The van der Waals surface area contributed by atoms with Gasteiger partial charge in [0.15, 0.2) is 5.54 Å². The first-order valence-electron chi connectivity index (χ1n) is 9.65. The summed E-state index contributed by atoms with van der Waals surface area (Å²) < 4.78 is 5.63. The highest BCUT2D eigenvalue weighted by atomic mass is 16.5. The highest BCUT2D eigenvalue weighted by Gasteiger charge is 2.55. The minimum Gasteiger partial charge on any atom is -0.493 e. The van der Waals surface area contributed by atoms with Gasteiger partial charge in [0.25, 0.3) is 5.91 Å². The molecule has 1 spiro atoms. The van der Waals surface area contributed by atoms with Crippen molar-refractivity contribution in [2.75, 3.05) is 20.2 Å². The molecular formula is C20H25N3O4. The minimum atomic E-state index is -1.13. The lowest BCUT2D eigenvalue weighted by Gasteiger charge is -2.33. The Hall–Kier alpha value is -2.57. The van der Waals surface area contributed by atoms with E-state index in [1.165, 1.54) is 6.42 Å². The Morgan fingerprint density at radius 3 is 2.78 bits per heavy atom. The molecule has 0 bridgehead atoms. The molecule has 7 heteroatoms. The van der Waals surface area contributed by atoms with Crippen molar-refractivity contribution in [2.45, 2.75) is 50.1 Å². The van der Waals surface area contributed by atoms with Crippen molar-refractivity contribution >= 4 is 17.8 Å². The van der Waals surface area contributed by atoms with Crippen LogP contribution in [-0.2, 0) is 15.1 Å². The Morgan fingerprint density at radius 1 is 1.26 bits per heavy atom. The molecule has 27 heavy (non-hydrogen) atoms. The van der Waals surface area contributed by atoms with Crippen molar-refractivity contribution in [2.24, 2.45) is 0 Å². The van der Waals surface area contributed by atoms with Crippen molar-refractivity contribution in [3.8, 4) is 5.75 Å². The van der Waals surface area contributed by atoms with E-state index in [1.807, 2.05) is 12.1 Å². The number of benzene rings is 1. The molecule has 0 unspecified atom stereocenters. The first-order chi connectivity index (χ1) is 13.0. The fourth-order valence-electron chi connectivity index (χ4n) is 4.43. The molecule has 1 N–H and O–H groups in total. The quantitative estimate of drug-likeness (QED) is 0.825. The molecule has 2 fully saturated rings. The highest BCUT2D eigenvalue weighted by molar-refractivity contribution is 6.09. The maximum atomic E-state index is 13.2. The second kappa shape index (κ2) is 6.87. The van der Waals surface area contributed by atoms with E-state index in [-0.39, 0.29) is 24.4 Å². The van der Waals surface area contributed by atoms with Gasteiger partial charge < -0.3 is 15.0 Å². The summed E-state index contributed by atoms with van der Waals surface area (Å²) in [5, 5.41) is 2.84. The SMILES string of the molecule is CN(C(=O)CN1C(=O)N[C@]2(CCOc3ccccc32)C1=O)C1CCCCC1. The van der Waals surface area contributed by atoms with Crippen LogP contribution >= 0.6 is 0 Å². The first-order valence-corrected chi connectivity index (χ1v) is 9.65. The lowest BCUT2D eigenvalue weighted by molar-refractivity contribution is -0.140. The van der Waals surface area contributed by atoms with Crippen LogP contribution in [0.2, 0.25) is 0 Å². The van der Waals surface area contributed by atoms with Gasteiger partial charge in [-0.2, -0.15) is 0 Å². The van der Waals surface area contributed by atoms with Crippen LogP contribution in [0.5, 0.6) is 5.75 Å². The predicted octanol–water partition coefficient (Wildman–Crippen LogP) is 2.01. The number of fused-ring (bicyclic) bond motifs is 2. The summed E-state index contributed by atoms with van der Waals surface area (Å²) in [6.07, 6.45) is 5.76. The Bertz CT molecular complexity index is 774. The number of nitrogens with one attached hydrogen (secondary N) is 1. The zero-order chi connectivity index (χ0) is 19.0. The molecule has 0 aromatic heterocycles. The molecule has 2 aliphatic heterocycles. The smallest absolute Gasteiger partial charge is 0.325 e. The van der Waals surface area contributed by atoms with Gasteiger partial charge in [0, 0.05) is 25.1 Å². The number of carbonyl (C=O) groups is 3. The van der Waals surface area contributed by atoms with Crippen LogP contribution in [0.1, 0.15) is 44.1 Å². The number of urea groups is 1. The van der Waals surface area contributed by atoms with Gasteiger partial charge in [-0.05, 0) is 18.9 Å². The summed E-state index contributed by atoms with van der Waals surface area (Å²) in [7, 11) is 1.77. The molecular weight excluding hydrogens is 346 g/mol. The first kappa shape index (κ1) is 17.8. The number of likely N-dealkylation sites (N-methyl/N-ethyl adjacent to an activating group) is 1. The summed E-state index contributed by atoms with van der Waals surface area (Å²) in [6.45, 7) is 0.120. The van der Waals surface area contributed by atoms with E-state index in [9.17, 15) is 14.4 Å². The zero-order valence-corrected chi connectivity index (χ0v) is 15.6. The van der Waals surface area contributed by atoms with Crippen molar-refractivity contribution in [1.82, 2.24) is 15.1 Å². The molecule has 4 amide bonds. The second-order valence-corrected chi connectivity index (χ2v) is 7.62. The Kier molecular flexibility index (Phi) is 4.53. The molecule has 2 heterocycles. The second-order valence-electron chi connectivity index (χ2n) is 7.62. The van der Waals surface area contributed by atoms with Crippen molar-refractivity contribution in [3.63, 3.8) is 0 Å². The molecule has 3 aliphatic rings. The number of hydrogen-bond acceptors (Lipinski definition) is 4. The average molecular weight is 371 g/mol. The summed E-state index contributed by atoms with van der Waals surface area (Å²) in [5.74, 6) is 0.0429. The van der Waals surface area contributed by atoms with Crippen LogP contribution < -0.4 is 10.1 Å². The van der Waals surface area contributed by atoms with E-state index in [0.29, 0.717) is 24.3 Å². The van der Waals surface area contributed by atoms with Gasteiger partial charge >= 0.3 is 6.03 Å². The van der Waals surface area contributed by atoms with E-state index in [1.54, 1.807) is 24.1 Å². The van der Waals surface area contributed by atoms with E-state index >= 15 is 0 Å². The van der Waals surface area contributed by atoms with E-state index in [2.05, 4.69) is 5.32 Å². The number of imide groups is 1. The number of para-hydroxylation sites is 1. The van der Waals surface area contributed by atoms with Crippen LogP contribution in [-0.4, -0.2) is 53.9 Å². The van der Waals surface area contributed by atoms with Gasteiger partial charge in [-0.3, -0.25) is 14.5 Å². The average Bonchev–Trinajstić information content (AvgIpc) is 2.93. The Balaban J connectivity index is 1.53. The van der Waals surface area contributed by atoms with Crippen LogP contribution in [0.4, 0.5) is 4.79 Å². The largest absolute Gasteiger partial charge is 0.493 e. The molecule has 1 atom stereocenters. The third-order valence-electron chi connectivity index (χ3n) is 6.07. The van der Waals surface area contributed by atoms with Gasteiger partial charge in [0.05, 0.1) is 6.61 Å². The van der Waals surface area contributed by atoms with Gasteiger partial charge in [-0.1, -0.05) is 37.5 Å². The molecule has 144 valence electrons. The molecule has 0 radical (unpaired) electrons. The maximum Gasteiger partial charge on any atom is 0.325 e. The summed E-state index contributed by atoms with van der Waals surface area (Å²) in [5.41, 5.74) is -0.472. The fraction of sp³-hybridized carbons (Fsp3) is 0.550. The van der Waals surface area contributed by atoms with E-state index in [0.717, 1.165) is 30.6 Å². The monoisotopic (exact) mass is 371 g/mol. The molecule has 7 nitrogen and oxygen atoms in total. The van der Waals surface area contributed by atoms with Gasteiger partial charge in [0.1, 0.15) is 12.3 Å². The van der Waals surface area contributed by atoms with Gasteiger partial charge in [-0.25, -0.2) is 4.79 Å². The highest BCUT2D eigenvalue weighted by Crippen LogP contribution is 2.40. The molecule has 4 rings (SSSR count). The van der Waals surface area contributed by atoms with Crippen molar-refractivity contribution in [3.05, 3.63) is 29.8 Å². The number of ether oxygens (including phenoxy) is 1. The van der Waals surface area contributed by atoms with Crippen LogP contribution in [0.3, 0.4) is 0 Å². The van der Waals surface area contributed by atoms with Crippen LogP contribution in [0, 0.1) is 0 Å². The number of nitrogens with zero attached hydrogens (tertiary/aromatic N) is 2. The lowest BCUT2D eigenvalue weighted by atomic mass is 9.84. The van der Waals surface area contributed by atoms with Crippen molar-refractivity contribution < 1.29 is 19.1 Å². The number of carbonyl (C=O) groups excluding carboxylic acids is 3. The zero-order valence-electron chi connectivity index (χ0n) is 15.6. The number of amides is 4. The molecule has 1 aliphatic carbocycles. The lowest BCUT2D eigenvalue weighted by Crippen LogP contribution is -2.49. The van der Waals surface area contributed by atoms with Crippen molar-refractivity contribution in [1.29, 1.82) is 0 Å². The number of rotatable bonds is 3. The standard InChI is InChI=1S/C20H25N3O4/c1-22(14-7-3-2-4-8-14)17(24)13-23-18(25)20(21-19(23)26)11-12-27-16-10-6-5-9-15(16)20/h5-6,9-10,14H,2-4,7-8,11-13H2,1H3,(H,21,26)/t20-/m0/s1. The van der Waals surface area contributed by atoms with Gasteiger partial charge in [0.2, 0.25) is 5.91 Å². The maximum absolute atomic E-state index is 13.2. The molecule has 1 saturated carbocycles. The molecule has 1 saturated heterocycles. The Morgan fingerprint density at radius 2 is 2.00 bits per heavy atom. The summed E-state index contributed by atoms with van der Waals surface area (Å²) in [6, 6.07) is 6.93. The normalized spacial score (nSPS) is 25.1. The third-order valence-corrected chi connectivity index (χ3v) is 6.07. The topological polar surface area (TPSA) is 79.0 Å². The molecule has 1 aromatic rings. The van der Waals surface area contributed by atoms with E-state index < -0.39 is 11.6 Å². The van der Waals surface area contributed by atoms with Crippen LogP contribution in [0.15, 0.2) is 24.3 Å². The summed E-state index contributed by atoms with van der Waals surface area (Å²) in [4.78, 5) is 41.3. The predicted molar refractivity (Wildman–Crippen MR) is 98.1 cm³/mol. The van der Waals surface area contributed by atoms with E-state index in [4.69, 9.17) is 4.74 Å². The fourth-order valence-corrected chi connectivity index (χ4v) is 4.43. The van der Waals surface area contributed by atoms with Gasteiger partial charge in [-0.15, -0.1) is 0 Å². The number of hydrogen-bond donors (Lipinski definition) is 1.